The van der Waals surface area contributed by atoms with Crippen molar-refractivity contribution in [3.05, 3.63) is 0 Å². The zero-order valence-electron chi connectivity index (χ0n) is 10.3. The molecule has 1 rings (SSSR count). The predicted molar refractivity (Wildman–Crippen MR) is 59.0 cm³/mol. The summed E-state index contributed by atoms with van der Waals surface area (Å²) >= 11 is 0. The molecule has 1 fully saturated rings. The van der Waals surface area contributed by atoms with Crippen molar-refractivity contribution in [2.24, 2.45) is 16.7 Å². The van der Waals surface area contributed by atoms with Crippen molar-refractivity contribution in [2.45, 2.75) is 40.5 Å². The van der Waals surface area contributed by atoms with Gasteiger partial charge in [-0.3, -0.25) is 4.79 Å². The number of hydrogen-bond acceptors (Lipinski definition) is 1. The topological polar surface area (TPSA) is 20.3 Å². The molecule has 0 aromatic rings. The van der Waals surface area contributed by atoms with Gasteiger partial charge in [-0.1, -0.05) is 27.7 Å². The van der Waals surface area contributed by atoms with Crippen LogP contribution in [0.15, 0.2) is 0 Å². The van der Waals surface area contributed by atoms with Gasteiger partial charge in [0.1, 0.15) is 0 Å². The zero-order valence-corrected chi connectivity index (χ0v) is 10.3. The summed E-state index contributed by atoms with van der Waals surface area (Å²) in [5.41, 5.74) is 0.315. The van der Waals surface area contributed by atoms with Gasteiger partial charge in [0, 0.05) is 20.0 Å². The number of nitrogens with zero attached hydrogens (tertiary/aromatic N) is 1. The second-order valence-corrected chi connectivity index (χ2v) is 6.14. The lowest BCUT2D eigenvalue weighted by molar-refractivity contribution is -0.139. The SMILES string of the molecule is CN(C)C(=O)C1C(C)(C)CCC1(C)C. The Morgan fingerprint density at radius 2 is 1.43 bits per heavy atom. The summed E-state index contributed by atoms with van der Waals surface area (Å²) in [4.78, 5) is 13.8. The molecular formula is C12H23NO. The maximum absolute atomic E-state index is 12.1. The van der Waals surface area contributed by atoms with Crippen molar-refractivity contribution in [2.75, 3.05) is 14.1 Å². The highest BCUT2D eigenvalue weighted by Crippen LogP contribution is 2.54. The zero-order chi connectivity index (χ0) is 11.1. The molecule has 0 radical (unpaired) electrons. The van der Waals surface area contributed by atoms with Crippen LogP contribution in [0, 0.1) is 16.7 Å². The molecule has 0 aromatic heterocycles. The Balaban J connectivity index is 2.98. The standard InChI is InChI=1S/C12H23NO/c1-11(2)7-8-12(3,4)9(11)10(14)13(5)6/h9H,7-8H2,1-6H3. The van der Waals surface area contributed by atoms with Crippen LogP contribution in [0.25, 0.3) is 0 Å². The van der Waals surface area contributed by atoms with Gasteiger partial charge in [-0.25, -0.2) is 0 Å². The largest absolute Gasteiger partial charge is 0.349 e. The summed E-state index contributed by atoms with van der Waals surface area (Å²) in [6, 6.07) is 0. The molecule has 82 valence electrons. The smallest absolute Gasteiger partial charge is 0.226 e. The van der Waals surface area contributed by atoms with E-state index in [0.717, 1.165) is 12.8 Å². The third-order valence-electron chi connectivity index (χ3n) is 3.66. The van der Waals surface area contributed by atoms with Crippen molar-refractivity contribution < 1.29 is 4.79 Å². The molecule has 1 saturated carbocycles. The Labute approximate surface area is 87.7 Å². The summed E-state index contributed by atoms with van der Waals surface area (Å²) in [7, 11) is 3.71. The Morgan fingerprint density at radius 1 is 1.07 bits per heavy atom. The van der Waals surface area contributed by atoms with Gasteiger partial charge in [0.15, 0.2) is 0 Å². The molecule has 0 aliphatic heterocycles. The molecular weight excluding hydrogens is 174 g/mol. The number of carbonyl (C=O) groups is 1. The molecule has 0 atom stereocenters. The van der Waals surface area contributed by atoms with Crippen LogP contribution in [0.4, 0.5) is 0 Å². The molecule has 0 spiro atoms. The highest BCUT2D eigenvalue weighted by Gasteiger charge is 2.51. The van der Waals surface area contributed by atoms with E-state index in [1.165, 1.54) is 0 Å². The lowest BCUT2D eigenvalue weighted by Gasteiger charge is -2.35. The summed E-state index contributed by atoms with van der Waals surface area (Å²) < 4.78 is 0. The van der Waals surface area contributed by atoms with Crippen LogP contribution in [0.5, 0.6) is 0 Å². The minimum Gasteiger partial charge on any atom is -0.349 e. The second kappa shape index (κ2) is 3.25. The summed E-state index contributed by atoms with van der Waals surface area (Å²) in [6.07, 6.45) is 2.31. The van der Waals surface area contributed by atoms with E-state index in [2.05, 4.69) is 27.7 Å². The van der Waals surface area contributed by atoms with Crippen molar-refractivity contribution in [1.82, 2.24) is 4.90 Å². The minimum atomic E-state index is 0.158. The molecule has 1 aliphatic rings. The molecule has 2 heteroatoms. The van der Waals surface area contributed by atoms with E-state index in [-0.39, 0.29) is 22.7 Å². The maximum Gasteiger partial charge on any atom is 0.226 e. The summed E-state index contributed by atoms with van der Waals surface area (Å²) in [6.45, 7) is 8.86. The van der Waals surface area contributed by atoms with Gasteiger partial charge in [0.05, 0.1) is 0 Å². The van der Waals surface area contributed by atoms with Crippen LogP contribution in [0.2, 0.25) is 0 Å². The number of carbonyl (C=O) groups excluding carboxylic acids is 1. The Hall–Kier alpha value is -0.530. The third-order valence-corrected chi connectivity index (χ3v) is 3.66. The van der Waals surface area contributed by atoms with Crippen molar-refractivity contribution in [1.29, 1.82) is 0 Å². The van der Waals surface area contributed by atoms with E-state index in [9.17, 15) is 4.79 Å². The molecule has 0 heterocycles. The van der Waals surface area contributed by atoms with Gasteiger partial charge in [-0.15, -0.1) is 0 Å². The summed E-state index contributed by atoms with van der Waals surface area (Å²) in [5, 5.41) is 0. The molecule has 14 heavy (non-hydrogen) atoms. The monoisotopic (exact) mass is 197 g/mol. The van der Waals surface area contributed by atoms with Gasteiger partial charge in [0.25, 0.3) is 0 Å². The molecule has 0 saturated heterocycles. The molecule has 0 N–H and O–H groups in total. The first-order valence-corrected chi connectivity index (χ1v) is 5.40. The van der Waals surface area contributed by atoms with E-state index in [0.29, 0.717) is 0 Å². The predicted octanol–water partition coefficient (Wildman–Crippen LogP) is 2.54. The Kier molecular flexibility index (Phi) is 2.68. The van der Waals surface area contributed by atoms with E-state index in [1.807, 2.05) is 14.1 Å². The average Bonchev–Trinajstić information content (AvgIpc) is 2.20. The fourth-order valence-corrected chi connectivity index (χ4v) is 2.92. The van der Waals surface area contributed by atoms with Crippen molar-refractivity contribution in [3.63, 3.8) is 0 Å². The van der Waals surface area contributed by atoms with Crippen LogP contribution in [-0.4, -0.2) is 24.9 Å². The first kappa shape index (κ1) is 11.5. The fraction of sp³-hybridized carbons (Fsp3) is 0.917. The lowest BCUT2D eigenvalue weighted by atomic mass is 9.71. The van der Waals surface area contributed by atoms with Gasteiger partial charge >= 0.3 is 0 Å². The highest BCUT2D eigenvalue weighted by atomic mass is 16.2. The lowest BCUT2D eigenvalue weighted by Crippen LogP contribution is -2.41. The van der Waals surface area contributed by atoms with Crippen LogP contribution in [0.1, 0.15) is 40.5 Å². The van der Waals surface area contributed by atoms with Crippen LogP contribution < -0.4 is 0 Å². The third kappa shape index (κ3) is 1.79. The fourth-order valence-electron chi connectivity index (χ4n) is 2.92. The molecule has 1 aliphatic carbocycles. The molecule has 2 nitrogen and oxygen atoms in total. The quantitative estimate of drug-likeness (QED) is 0.632. The summed E-state index contributed by atoms with van der Waals surface area (Å²) in [5.74, 6) is 0.461. The number of amides is 1. The van der Waals surface area contributed by atoms with E-state index >= 15 is 0 Å². The number of rotatable bonds is 1. The first-order chi connectivity index (χ1) is 6.18. The minimum absolute atomic E-state index is 0.158. The molecule has 0 bridgehead atoms. The first-order valence-electron chi connectivity index (χ1n) is 5.40. The van der Waals surface area contributed by atoms with Gasteiger partial charge < -0.3 is 4.90 Å². The van der Waals surface area contributed by atoms with Gasteiger partial charge in [-0.05, 0) is 23.7 Å². The Bertz CT molecular complexity index is 225. The van der Waals surface area contributed by atoms with Gasteiger partial charge in [0.2, 0.25) is 5.91 Å². The van der Waals surface area contributed by atoms with E-state index < -0.39 is 0 Å². The number of hydrogen-bond donors (Lipinski definition) is 0. The molecule has 1 amide bonds. The molecule has 0 unspecified atom stereocenters. The van der Waals surface area contributed by atoms with E-state index in [1.54, 1.807) is 4.90 Å². The van der Waals surface area contributed by atoms with Crippen LogP contribution >= 0.6 is 0 Å². The second-order valence-electron chi connectivity index (χ2n) is 6.14. The van der Waals surface area contributed by atoms with Crippen molar-refractivity contribution >= 4 is 5.91 Å². The van der Waals surface area contributed by atoms with E-state index in [4.69, 9.17) is 0 Å². The van der Waals surface area contributed by atoms with Crippen LogP contribution in [0.3, 0.4) is 0 Å². The van der Waals surface area contributed by atoms with Gasteiger partial charge in [-0.2, -0.15) is 0 Å². The highest BCUT2D eigenvalue weighted by molar-refractivity contribution is 5.80. The molecule has 0 aromatic carbocycles. The maximum atomic E-state index is 12.1. The average molecular weight is 197 g/mol. The normalized spacial score (nSPS) is 25.0. The Morgan fingerprint density at radius 3 is 1.71 bits per heavy atom. The van der Waals surface area contributed by atoms with Crippen LogP contribution in [-0.2, 0) is 4.79 Å². The van der Waals surface area contributed by atoms with Crippen molar-refractivity contribution in [3.8, 4) is 0 Å².